The van der Waals surface area contributed by atoms with Crippen molar-refractivity contribution in [2.24, 2.45) is 0 Å². The van der Waals surface area contributed by atoms with E-state index in [0.29, 0.717) is 24.2 Å². The van der Waals surface area contributed by atoms with Gasteiger partial charge in [-0.2, -0.15) is 0 Å². The first-order valence-electron chi connectivity index (χ1n) is 6.90. The van der Waals surface area contributed by atoms with Gasteiger partial charge in [-0.15, -0.1) is 0 Å². The zero-order valence-corrected chi connectivity index (χ0v) is 12.6. The van der Waals surface area contributed by atoms with Gasteiger partial charge in [0.05, 0.1) is 23.4 Å². The topological polar surface area (TPSA) is 70.7 Å². The molecule has 2 amide bonds. The van der Waals surface area contributed by atoms with Crippen LogP contribution in [0.25, 0.3) is 0 Å². The molecule has 1 aliphatic rings. The van der Waals surface area contributed by atoms with E-state index >= 15 is 0 Å². The molecule has 0 aromatic heterocycles. The average molecular weight is 291 g/mol. The Hall–Kier alpha value is -1.92. The van der Waals surface area contributed by atoms with Crippen LogP contribution in [0.4, 0.5) is 5.69 Å². The van der Waals surface area contributed by atoms with Gasteiger partial charge in [-0.05, 0) is 18.6 Å². The third-order valence-corrected chi connectivity index (χ3v) is 3.56. The Morgan fingerprint density at radius 3 is 2.67 bits per heavy atom. The van der Waals surface area contributed by atoms with E-state index in [1.54, 1.807) is 45.5 Å². The van der Waals surface area contributed by atoms with E-state index in [9.17, 15) is 9.59 Å². The maximum Gasteiger partial charge on any atom is 0.255 e. The number of carbonyl (C=O) groups is 2. The van der Waals surface area contributed by atoms with Crippen LogP contribution in [-0.2, 0) is 9.53 Å². The summed E-state index contributed by atoms with van der Waals surface area (Å²) in [5.74, 6) is -0.284. The molecule has 1 heterocycles. The molecule has 0 saturated carbocycles. The van der Waals surface area contributed by atoms with Gasteiger partial charge in [-0.1, -0.05) is 12.1 Å². The first-order valence-corrected chi connectivity index (χ1v) is 6.90. The summed E-state index contributed by atoms with van der Waals surface area (Å²) in [5, 5.41) is 5.95. The summed E-state index contributed by atoms with van der Waals surface area (Å²) >= 11 is 0. The van der Waals surface area contributed by atoms with Crippen molar-refractivity contribution < 1.29 is 14.3 Å². The number of nitrogens with zero attached hydrogens (tertiary/aromatic N) is 1. The van der Waals surface area contributed by atoms with Crippen LogP contribution < -0.4 is 10.6 Å². The maximum atomic E-state index is 12.3. The molecule has 1 aromatic rings. The van der Waals surface area contributed by atoms with Gasteiger partial charge in [0.25, 0.3) is 5.91 Å². The van der Waals surface area contributed by atoms with Gasteiger partial charge in [-0.25, -0.2) is 0 Å². The van der Waals surface area contributed by atoms with Crippen molar-refractivity contribution in [1.29, 1.82) is 0 Å². The molecular formula is C15H21N3O3. The van der Waals surface area contributed by atoms with Crippen molar-refractivity contribution in [2.45, 2.75) is 18.6 Å². The Kier molecular flexibility index (Phi) is 4.93. The van der Waals surface area contributed by atoms with Crippen LogP contribution in [0.1, 0.15) is 16.8 Å². The minimum atomic E-state index is -0.294. The summed E-state index contributed by atoms with van der Waals surface area (Å²) in [7, 11) is 5.00. The molecule has 6 nitrogen and oxygen atoms in total. The van der Waals surface area contributed by atoms with Gasteiger partial charge in [-0.3, -0.25) is 9.59 Å². The maximum absolute atomic E-state index is 12.3. The molecule has 1 aromatic carbocycles. The summed E-state index contributed by atoms with van der Waals surface area (Å²) < 4.78 is 5.23. The normalized spacial score (nSPS) is 21.1. The molecule has 0 bridgehead atoms. The van der Waals surface area contributed by atoms with Crippen LogP contribution in [0, 0.1) is 0 Å². The van der Waals surface area contributed by atoms with Crippen molar-refractivity contribution in [3.63, 3.8) is 0 Å². The molecule has 2 N–H and O–H groups in total. The molecule has 2 unspecified atom stereocenters. The minimum Gasteiger partial charge on any atom is -0.380 e. The number of hydrogen-bond acceptors (Lipinski definition) is 4. The van der Waals surface area contributed by atoms with E-state index in [-0.39, 0.29) is 24.0 Å². The number of methoxy groups -OCH3 is 1. The Balaban J connectivity index is 2.09. The number of anilines is 1. The van der Waals surface area contributed by atoms with Gasteiger partial charge < -0.3 is 20.3 Å². The zero-order chi connectivity index (χ0) is 15.4. The van der Waals surface area contributed by atoms with E-state index in [2.05, 4.69) is 10.6 Å². The number of rotatable bonds is 4. The van der Waals surface area contributed by atoms with E-state index < -0.39 is 0 Å². The SMILES string of the molecule is COC1CNC(C(=O)Nc2ccccc2C(=O)N(C)C)C1. The van der Waals surface area contributed by atoms with Gasteiger partial charge >= 0.3 is 0 Å². The molecular weight excluding hydrogens is 270 g/mol. The molecule has 2 rings (SSSR count). The molecule has 6 heteroatoms. The fourth-order valence-electron chi connectivity index (χ4n) is 2.32. The van der Waals surface area contributed by atoms with Crippen molar-refractivity contribution in [3.05, 3.63) is 29.8 Å². The summed E-state index contributed by atoms with van der Waals surface area (Å²) in [4.78, 5) is 25.9. The second-order valence-corrected chi connectivity index (χ2v) is 5.29. The third-order valence-electron chi connectivity index (χ3n) is 3.56. The largest absolute Gasteiger partial charge is 0.380 e. The highest BCUT2D eigenvalue weighted by Crippen LogP contribution is 2.18. The van der Waals surface area contributed by atoms with Crippen LogP contribution in [0.15, 0.2) is 24.3 Å². The number of benzene rings is 1. The lowest BCUT2D eigenvalue weighted by Crippen LogP contribution is -2.36. The number of carbonyl (C=O) groups excluding carboxylic acids is 2. The molecule has 114 valence electrons. The lowest BCUT2D eigenvalue weighted by molar-refractivity contribution is -0.118. The van der Waals surface area contributed by atoms with Crippen molar-refractivity contribution in [3.8, 4) is 0 Å². The van der Waals surface area contributed by atoms with Crippen LogP contribution >= 0.6 is 0 Å². The van der Waals surface area contributed by atoms with Crippen molar-refractivity contribution in [1.82, 2.24) is 10.2 Å². The highest BCUT2D eigenvalue weighted by molar-refractivity contribution is 6.04. The molecule has 0 radical (unpaired) electrons. The predicted octanol–water partition coefficient (Wildman–Crippen LogP) is 0.704. The predicted molar refractivity (Wildman–Crippen MR) is 80.3 cm³/mol. The second kappa shape index (κ2) is 6.69. The first-order chi connectivity index (χ1) is 10.0. The molecule has 1 aliphatic heterocycles. The lowest BCUT2D eigenvalue weighted by Gasteiger charge is -2.16. The smallest absolute Gasteiger partial charge is 0.255 e. The monoisotopic (exact) mass is 291 g/mol. The number of amides is 2. The number of para-hydroxylation sites is 1. The van der Waals surface area contributed by atoms with Crippen LogP contribution in [-0.4, -0.2) is 56.6 Å². The second-order valence-electron chi connectivity index (χ2n) is 5.29. The summed E-state index contributed by atoms with van der Waals surface area (Å²) in [6, 6.07) is 6.72. The van der Waals surface area contributed by atoms with Gasteiger partial charge in [0, 0.05) is 27.7 Å². The highest BCUT2D eigenvalue weighted by atomic mass is 16.5. The number of hydrogen-bond donors (Lipinski definition) is 2. The van der Waals surface area contributed by atoms with E-state index in [0.717, 1.165) is 0 Å². The van der Waals surface area contributed by atoms with Crippen LogP contribution in [0.2, 0.25) is 0 Å². The zero-order valence-electron chi connectivity index (χ0n) is 12.6. The quantitative estimate of drug-likeness (QED) is 0.857. The standard InChI is InChI=1S/C15H21N3O3/c1-18(2)15(20)11-6-4-5-7-12(11)17-14(19)13-8-10(21-3)9-16-13/h4-7,10,13,16H,8-9H2,1-3H3,(H,17,19). The van der Waals surface area contributed by atoms with E-state index in [4.69, 9.17) is 4.74 Å². The minimum absolute atomic E-state index is 0.0550. The van der Waals surface area contributed by atoms with Gasteiger partial charge in [0.1, 0.15) is 0 Å². The Labute approximate surface area is 124 Å². The fourth-order valence-corrected chi connectivity index (χ4v) is 2.32. The molecule has 0 aliphatic carbocycles. The Morgan fingerprint density at radius 1 is 1.33 bits per heavy atom. The number of nitrogens with one attached hydrogen (secondary N) is 2. The summed E-state index contributed by atoms with van der Waals surface area (Å²) in [5.41, 5.74) is 1.01. The number of ether oxygens (including phenoxy) is 1. The van der Waals surface area contributed by atoms with Gasteiger partial charge in [0.15, 0.2) is 0 Å². The van der Waals surface area contributed by atoms with Gasteiger partial charge in [0.2, 0.25) is 5.91 Å². The molecule has 1 fully saturated rings. The van der Waals surface area contributed by atoms with Crippen LogP contribution in [0.5, 0.6) is 0 Å². The summed E-state index contributed by atoms with van der Waals surface area (Å²) in [6.45, 7) is 0.660. The average Bonchev–Trinajstić information content (AvgIpc) is 2.96. The van der Waals surface area contributed by atoms with Crippen LogP contribution in [0.3, 0.4) is 0 Å². The van der Waals surface area contributed by atoms with Crippen molar-refractivity contribution >= 4 is 17.5 Å². The molecule has 21 heavy (non-hydrogen) atoms. The van der Waals surface area contributed by atoms with Crippen molar-refractivity contribution in [2.75, 3.05) is 33.1 Å². The fraction of sp³-hybridized carbons (Fsp3) is 0.467. The Morgan fingerprint density at radius 2 is 2.05 bits per heavy atom. The van der Waals surface area contributed by atoms with E-state index in [1.165, 1.54) is 4.90 Å². The first kappa shape index (κ1) is 15.5. The molecule has 2 atom stereocenters. The third kappa shape index (κ3) is 3.59. The lowest BCUT2D eigenvalue weighted by atomic mass is 10.1. The molecule has 1 saturated heterocycles. The molecule has 0 spiro atoms. The van der Waals surface area contributed by atoms with E-state index in [1.807, 2.05) is 0 Å². The Bertz CT molecular complexity index is 531. The highest BCUT2D eigenvalue weighted by Gasteiger charge is 2.29. The summed E-state index contributed by atoms with van der Waals surface area (Å²) in [6.07, 6.45) is 0.686.